The van der Waals surface area contributed by atoms with Crippen molar-refractivity contribution in [2.45, 2.75) is 33.4 Å². The molecule has 110 valence electrons. The Labute approximate surface area is 118 Å². The Morgan fingerprint density at radius 3 is 2.85 bits per heavy atom. The fourth-order valence-corrected chi connectivity index (χ4v) is 1.79. The molecular formula is C14H20N2O4. The van der Waals surface area contributed by atoms with E-state index in [0.29, 0.717) is 30.8 Å². The molecule has 1 amide bonds. The van der Waals surface area contributed by atoms with Crippen LogP contribution < -0.4 is 9.47 Å². The number of ether oxygens (including phenoxy) is 2. The van der Waals surface area contributed by atoms with Gasteiger partial charge in [0.25, 0.3) is 0 Å². The van der Waals surface area contributed by atoms with Gasteiger partial charge in [-0.2, -0.15) is 4.98 Å². The number of amides is 1. The zero-order chi connectivity index (χ0) is 14.7. The van der Waals surface area contributed by atoms with Gasteiger partial charge in [-0.15, -0.1) is 0 Å². The summed E-state index contributed by atoms with van der Waals surface area (Å²) in [7, 11) is 0. The van der Waals surface area contributed by atoms with Crippen LogP contribution in [-0.4, -0.2) is 40.3 Å². The van der Waals surface area contributed by atoms with Crippen LogP contribution in [0.5, 0.6) is 11.8 Å². The van der Waals surface area contributed by atoms with Gasteiger partial charge in [0.15, 0.2) is 0 Å². The van der Waals surface area contributed by atoms with Crippen molar-refractivity contribution < 1.29 is 19.4 Å². The fourth-order valence-electron chi connectivity index (χ4n) is 1.79. The summed E-state index contributed by atoms with van der Waals surface area (Å²) in [6.07, 6.45) is -0.892. The van der Waals surface area contributed by atoms with Gasteiger partial charge in [0, 0.05) is 11.6 Å². The van der Waals surface area contributed by atoms with Crippen molar-refractivity contribution in [3.8, 4) is 11.8 Å². The van der Waals surface area contributed by atoms with E-state index in [1.165, 1.54) is 4.90 Å². The Morgan fingerprint density at radius 2 is 2.20 bits per heavy atom. The van der Waals surface area contributed by atoms with Crippen LogP contribution in [0, 0.1) is 5.92 Å². The quantitative estimate of drug-likeness (QED) is 0.920. The number of rotatable bonds is 3. The average molecular weight is 280 g/mol. The molecule has 1 atom stereocenters. The van der Waals surface area contributed by atoms with Gasteiger partial charge in [0.2, 0.25) is 11.8 Å². The third-order valence-electron chi connectivity index (χ3n) is 3.39. The molecule has 2 rings (SSSR count). The normalized spacial score (nSPS) is 16.1. The largest absolute Gasteiger partial charge is 0.475 e. The molecule has 6 nitrogen and oxygen atoms in total. The molecule has 0 radical (unpaired) electrons. The summed E-state index contributed by atoms with van der Waals surface area (Å²) in [6.45, 7) is 7.08. The molecule has 0 aliphatic carbocycles. The number of nitrogens with zero attached hydrogens (tertiary/aromatic N) is 2. The molecule has 2 heterocycles. The molecular weight excluding hydrogens is 260 g/mol. The maximum atomic E-state index is 11.0. The molecule has 0 bridgehead atoms. The van der Waals surface area contributed by atoms with E-state index in [1.807, 2.05) is 13.0 Å². The van der Waals surface area contributed by atoms with Crippen molar-refractivity contribution in [3.05, 3.63) is 17.7 Å². The minimum Gasteiger partial charge on any atom is -0.475 e. The summed E-state index contributed by atoms with van der Waals surface area (Å²) in [5.41, 5.74) is 0.759. The first-order valence-electron chi connectivity index (χ1n) is 6.74. The van der Waals surface area contributed by atoms with Crippen molar-refractivity contribution in [2.75, 3.05) is 13.2 Å². The van der Waals surface area contributed by atoms with Crippen molar-refractivity contribution >= 4 is 6.09 Å². The number of carboxylic acid groups (broad SMARTS) is 1. The summed E-state index contributed by atoms with van der Waals surface area (Å²) in [5.74, 6) is 1.36. The molecule has 0 saturated carbocycles. The van der Waals surface area contributed by atoms with Crippen LogP contribution >= 0.6 is 0 Å². The van der Waals surface area contributed by atoms with Crippen molar-refractivity contribution in [1.82, 2.24) is 9.88 Å². The summed E-state index contributed by atoms with van der Waals surface area (Å²) >= 11 is 0. The standard InChI is InChI=1S/C14H20N2O4/c1-9(2)10(3)20-12-5-4-11-8-16(14(17)18)6-7-19-13(11)15-12/h4-5,9-10H,6-8H2,1-3H3,(H,17,18)/t10-/m0/s1. The molecule has 1 aromatic rings. The minimum absolute atomic E-state index is 0.0573. The van der Waals surface area contributed by atoms with E-state index in [9.17, 15) is 4.79 Å². The molecule has 1 aliphatic heterocycles. The first-order chi connectivity index (χ1) is 9.47. The summed E-state index contributed by atoms with van der Waals surface area (Å²) in [5, 5.41) is 9.05. The van der Waals surface area contributed by atoms with Gasteiger partial charge in [0.05, 0.1) is 19.2 Å². The van der Waals surface area contributed by atoms with E-state index in [4.69, 9.17) is 14.6 Å². The Morgan fingerprint density at radius 1 is 1.45 bits per heavy atom. The van der Waals surface area contributed by atoms with Crippen molar-refractivity contribution in [2.24, 2.45) is 5.92 Å². The molecule has 0 saturated heterocycles. The lowest BCUT2D eigenvalue weighted by Crippen LogP contribution is -2.30. The Balaban J connectivity index is 2.15. The number of pyridine rings is 1. The molecule has 0 unspecified atom stereocenters. The second-order valence-electron chi connectivity index (χ2n) is 5.23. The second kappa shape index (κ2) is 5.98. The molecule has 1 aromatic heterocycles. The minimum atomic E-state index is -0.949. The Bertz CT molecular complexity index is 490. The fraction of sp³-hybridized carbons (Fsp3) is 0.571. The number of hydrogen-bond donors (Lipinski definition) is 1. The summed E-state index contributed by atoms with van der Waals surface area (Å²) in [4.78, 5) is 16.7. The lowest BCUT2D eigenvalue weighted by molar-refractivity contribution is 0.137. The van der Waals surface area contributed by atoms with E-state index < -0.39 is 6.09 Å². The van der Waals surface area contributed by atoms with Gasteiger partial charge in [-0.05, 0) is 18.9 Å². The third-order valence-corrected chi connectivity index (χ3v) is 3.39. The van der Waals surface area contributed by atoms with Crippen molar-refractivity contribution in [3.63, 3.8) is 0 Å². The van der Waals surface area contributed by atoms with Crippen LogP contribution in [-0.2, 0) is 6.54 Å². The SMILES string of the molecule is CC(C)[C@H](C)Oc1ccc2c(n1)OCCN(C(=O)O)C2. The van der Waals surface area contributed by atoms with Gasteiger partial charge in [-0.25, -0.2) is 4.79 Å². The average Bonchev–Trinajstić information content (AvgIpc) is 2.60. The maximum absolute atomic E-state index is 11.0. The number of hydrogen-bond acceptors (Lipinski definition) is 4. The van der Waals surface area contributed by atoms with E-state index >= 15 is 0 Å². The molecule has 0 fully saturated rings. The lowest BCUT2D eigenvalue weighted by atomic mass is 10.1. The zero-order valence-electron chi connectivity index (χ0n) is 12.0. The Kier molecular flexibility index (Phi) is 4.32. The van der Waals surface area contributed by atoms with E-state index in [2.05, 4.69) is 18.8 Å². The molecule has 1 aliphatic rings. The van der Waals surface area contributed by atoms with E-state index in [1.54, 1.807) is 6.07 Å². The summed E-state index contributed by atoms with van der Waals surface area (Å²) in [6, 6.07) is 3.57. The first-order valence-corrected chi connectivity index (χ1v) is 6.74. The van der Waals surface area contributed by atoms with Crippen LogP contribution in [0.3, 0.4) is 0 Å². The highest BCUT2D eigenvalue weighted by Gasteiger charge is 2.21. The van der Waals surface area contributed by atoms with Gasteiger partial charge in [-0.3, -0.25) is 0 Å². The predicted octanol–water partition coefficient (Wildman–Crippen LogP) is 2.38. The van der Waals surface area contributed by atoms with Gasteiger partial charge < -0.3 is 19.5 Å². The maximum Gasteiger partial charge on any atom is 0.407 e. The van der Waals surface area contributed by atoms with E-state index in [0.717, 1.165) is 5.56 Å². The third kappa shape index (κ3) is 3.31. The number of aromatic nitrogens is 1. The Hall–Kier alpha value is -1.98. The van der Waals surface area contributed by atoms with Gasteiger partial charge in [0.1, 0.15) is 6.61 Å². The van der Waals surface area contributed by atoms with Crippen LogP contribution in [0.25, 0.3) is 0 Å². The predicted molar refractivity (Wildman–Crippen MR) is 73.1 cm³/mol. The molecule has 20 heavy (non-hydrogen) atoms. The van der Waals surface area contributed by atoms with Gasteiger partial charge in [-0.1, -0.05) is 13.8 Å². The molecule has 0 spiro atoms. The molecule has 0 aromatic carbocycles. The highest BCUT2D eigenvalue weighted by Crippen LogP contribution is 2.25. The smallest absolute Gasteiger partial charge is 0.407 e. The highest BCUT2D eigenvalue weighted by molar-refractivity contribution is 5.65. The lowest BCUT2D eigenvalue weighted by Gasteiger charge is -2.18. The summed E-state index contributed by atoms with van der Waals surface area (Å²) < 4.78 is 11.3. The monoisotopic (exact) mass is 280 g/mol. The van der Waals surface area contributed by atoms with Crippen LogP contribution in [0.2, 0.25) is 0 Å². The van der Waals surface area contributed by atoms with Crippen LogP contribution in [0.4, 0.5) is 4.79 Å². The van der Waals surface area contributed by atoms with Gasteiger partial charge >= 0.3 is 6.09 Å². The van der Waals surface area contributed by atoms with Crippen LogP contribution in [0.1, 0.15) is 26.3 Å². The first kappa shape index (κ1) is 14.4. The number of carbonyl (C=O) groups is 1. The van der Waals surface area contributed by atoms with Crippen molar-refractivity contribution in [1.29, 1.82) is 0 Å². The zero-order valence-corrected chi connectivity index (χ0v) is 12.0. The molecule has 1 N–H and O–H groups in total. The highest BCUT2D eigenvalue weighted by atomic mass is 16.5. The topological polar surface area (TPSA) is 71.9 Å². The van der Waals surface area contributed by atoms with Crippen LogP contribution in [0.15, 0.2) is 12.1 Å². The van der Waals surface area contributed by atoms with E-state index in [-0.39, 0.29) is 12.6 Å². The number of fused-ring (bicyclic) bond motifs is 1. The molecule has 6 heteroatoms. The second-order valence-corrected chi connectivity index (χ2v) is 5.23.